The normalized spacial score (nSPS) is 18.2. The van der Waals surface area contributed by atoms with E-state index in [0.717, 1.165) is 5.56 Å². The number of rotatable bonds is 3. The van der Waals surface area contributed by atoms with Gasteiger partial charge in [-0.1, -0.05) is 35.3 Å². The molecule has 0 bridgehead atoms. The number of carbonyl (C=O) groups excluding carboxylic acids is 1. The van der Waals surface area contributed by atoms with Gasteiger partial charge in [0, 0.05) is 16.0 Å². The smallest absolute Gasteiger partial charge is 0.338 e. The van der Waals surface area contributed by atoms with E-state index in [1.165, 1.54) is 6.08 Å². The van der Waals surface area contributed by atoms with Crippen molar-refractivity contribution in [2.75, 3.05) is 6.61 Å². The second kappa shape index (κ2) is 6.33. The maximum atomic E-state index is 12.0. The van der Waals surface area contributed by atoms with Gasteiger partial charge in [-0.25, -0.2) is 4.79 Å². The number of halogens is 2. The molecule has 1 unspecified atom stereocenters. The number of hydrogen-bond acceptors (Lipinski definition) is 3. The number of benzene rings is 1. The molecule has 106 valence electrons. The molecule has 1 aliphatic rings. The summed E-state index contributed by atoms with van der Waals surface area (Å²) in [6.45, 7) is 1.97. The van der Waals surface area contributed by atoms with Crippen LogP contribution in [0.25, 0.3) is 0 Å². The summed E-state index contributed by atoms with van der Waals surface area (Å²) in [6.07, 6.45) is 3.87. The van der Waals surface area contributed by atoms with Crippen LogP contribution in [0.15, 0.2) is 41.7 Å². The van der Waals surface area contributed by atoms with Crippen LogP contribution in [-0.2, 0) is 9.53 Å². The Labute approximate surface area is 127 Å². The zero-order valence-electron chi connectivity index (χ0n) is 10.9. The highest BCUT2D eigenvalue weighted by molar-refractivity contribution is 6.35. The summed E-state index contributed by atoms with van der Waals surface area (Å²) >= 11 is 12.1. The fraction of sp³-hybridized carbons (Fsp3) is 0.267. The average molecular weight is 313 g/mol. The molecule has 0 fully saturated rings. The van der Waals surface area contributed by atoms with Crippen LogP contribution in [0.1, 0.15) is 24.8 Å². The van der Waals surface area contributed by atoms with Crippen LogP contribution < -0.4 is 0 Å². The summed E-state index contributed by atoms with van der Waals surface area (Å²) in [7, 11) is 0. The zero-order chi connectivity index (χ0) is 14.7. The molecule has 0 saturated carbocycles. The Balaban J connectivity index is 2.44. The van der Waals surface area contributed by atoms with Gasteiger partial charge in [0.2, 0.25) is 0 Å². The highest BCUT2D eigenvalue weighted by atomic mass is 35.5. The first kappa shape index (κ1) is 14.9. The molecule has 1 atom stereocenters. The van der Waals surface area contributed by atoms with Gasteiger partial charge in [0.25, 0.3) is 0 Å². The number of allylic oxidation sites excluding steroid dienone is 2. The molecule has 0 heterocycles. The summed E-state index contributed by atoms with van der Waals surface area (Å²) in [4.78, 5) is 12.0. The van der Waals surface area contributed by atoms with Gasteiger partial charge in [0.05, 0.1) is 12.2 Å². The standard InChI is InChI=1S/C15H14Cl2O3/c1-2-20-15(19)14-11(4-3-5-13(14)18)10-7-6-9(16)8-12(10)17/h3,5-8,11,18H,2,4H2,1H3. The van der Waals surface area contributed by atoms with Gasteiger partial charge in [-0.2, -0.15) is 0 Å². The third-order valence-corrected chi connectivity index (χ3v) is 3.67. The average Bonchev–Trinajstić information content (AvgIpc) is 2.38. The molecule has 1 aromatic carbocycles. The van der Waals surface area contributed by atoms with E-state index >= 15 is 0 Å². The minimum absolute atomic E-state index is 0.0780. The number of esters is 1. The number of aliphatic hydroxyl groups is 1. The summed E-state index contributed by atoms with van der Waals surface area (Å²) in [5.41, 5.74) is 0.980. The maximum absolute atomic E-state index is 12.0. The van der Waals surface area contributed by atoms with Crippen LogP contribution in [-0.4, -0.2) is 17.7 Å². The number of carbonyl (C=O) groups is 1. The third-order valence-electron chi connectivity index (χ3n) is 3.11. The van der Waals surface area contributed by atoms with Crippen LogP contribution in [0.2, 0.25) is 10.0 Å². The highest BCUT2D eigenvalue weighted by Gasteiger charge is 2.30. The molecule has 1 aromatic rings. The molecule has 1 aliphatic carbocycles. The minimum atomic E-state index is -0.523. The lowest BCUT2D eigenvalue weighted by molar-refractivity contribution is -0.139. The van der Waals surface area contributed by atoms with Crippen molar-refractivity contribution >= 4 is 29.2 Å². The Kier molecular flexibility index (Phi) is 4.73. The Morgan fingerprint density at radius 1 is 1.45 bits per heavy atom. The van der Waals surface area contributed by atoms with Crippen molar-refractivity contribution in [3.05, 3.63) is 57.3 Å². The Bertz CT molecular complexity index is 591. The van der Waals surface area contributed by atoms with E-state index in [1.54, 1.807) is 31.2 Å². The van der Waals surface area contributed by atoms with E-state index in [1.807, 2.05) is 0 Å². The molecule has 2 rings (SSSR count). The van der Waals surface area contributed by atoms with Crippen molar-refractivity contribution in [3.63, 3.8) is 0 Å². The third kappa shape index (κ3) is 3.00. The van der Waals surface area contributed by atoms with Crippen molar-refractivity contribution in [3.8, 4) is 0 Å². The monoisotopic (exact) mass is 312 g/mol. The molecule has 0 aromatic heterocycles. The molecule has 0 amide bonds. The molecular weight excluding hydrogens is 299 g/mol. The number of aliphatic hydroxyl groups excluding tert-OH is 1. The van der Waals surface area contributed by atoms with Crippen molar-refractivity contribution in [1.29, 1.82) is 0 Å². The predicted molar refractivity (Wildman–Crippen MR) is 79.2 cm³/mol. The molecule has 1 N–H and O–H groups in total. The quantitative estimate of drug-likeness (QED) is 0.841. The van der Waals surface area contributed by atoms with E-state index < -0.39 is 5.97 Å². The van der Waals surface area contributed by atoms with Gasteiger partial charge >= 0.3 is 5.97 Å². The highest BCUT2D eigenvalue weighted by Crippen LogP contribution is 2.38. The van der Waals surface area contributed by atoms with Crippen molar-refractivity contribution in [2.45, 2.75) is 19.3 Å². The van der Waals surface area contributed by atoms with E-state index in [0.29, 0.717) is 16.5 Å². The minimum Gasteiger partial charge on any atom is -0.507 e. The molecule has 0 aliphatic heterocycles. The number of hydrogen-bond donors (Lipinski definition) is 1. The van der Waals surface area contributed by atoms with Crippen LogP contribution in [0.5, 0.6) is 0 Å². The van der Waals surface area contributed by atoms with Gasteiger partial charge in [-0.3, -0.25) is 0 Å². The fourth-order valence-electron chi connectivity index (χ4n) is 2.22. The Hall–Kier alpha value is -1.45. The molecule has 3 nitrogen and oxygen atoms in total. The van der Waals surface area contributed by atoms with Gasteiger partial charge in [-0.15, -0.1) is 0 Å². The van der Waals surface area contributed by atoms with Crippen molar-refractivity contribution in [2.24, 2.45) is 0 Å². The molecule has 5 heteroatoms. The van der Waals surface area contributed by atoms with E-state index in [-0.39, 0.29) is 23.9 Å². The van der Waals surface area contributed by atoms with E-state index in [9.17, 15) is 9.90 Å². The molecule has 0 spiro atoms. The lowest BCUT2D eigenvalue weighted by Gasteiger charge is -2.23. The van der Waals surface area contributed by atoms with Gasteiger partial charge in [0.1, 0.15) is 5.76 Å². The maximum Gasteiger partial charge on any atom is 0.338 e. The summed E-state index contributed by atoms with van der Waals surface area (Å²) in [5.74, 6) is -0.931. The Morgan fingerprint density at radius 3 is 2.85 bits per heavy atom. The SMILES string of the molecule is CCOC(=O)C1=C(O)C=CCC1c1ccc(Cl)cc1Cl. The van der Waals surface area contributed by atoms with E-state index in [2.05, 4.69) is 0 Å². The van der Waals surface area contributed by atoms with Crippen LogP contribution in [0, 0.1) is 0 Å². The van der Waals surface area contributed by atoms with E-state index in [4.69, 9.17) is 27.9 Å². The first-order valence-electron chi connectivity index (χ1n) is 6.26. The summed E-state index contributed by atoms with van der Waals surface area (Å²) in [5, 5.41) is 11.0. The molecular formula is C15H14Cl2O3. The van der Waals surface area contributed by atoms with Crippen molar-refractivity contribution in [1.82, 2.24) is 0 Å². The summed E-state index contributed by atoms with van der Waals surface area (Å²) < 4.78 is 5.01. The van der Waals surface area contributed by atoms with Crippen molar-refractivity contribution < 1.29 is 14.6 Å². The lowest BCUT2D eigenvalue weighted by Crippen LogP contribution is -2.19. The van der Waals surface area contributed by atoms with Gasteiger partial charge < -0.3 is 9.84 Å². The fourth-order valence-corrected chi connectivity index (χ4v) is 2.76. The lowest BCUT2D eigenvalue weighted by atomic mass is 9.84. The van der Waals surface area contributed by atoms with Crippen LogP contribution in [0.3, 0.4) is 0 Å². The molecule has 0 saturated heterocycles. The first-order chi connectivity index (χ1) is 9.54. The zero-order valence-corrected chi connectivity index (χ0v) is 12.4. The largest absolute Gasteiger partial charge is 0.507 e. The van der Waals surface area contributed by atoms with Crippen LogP contribution >= 0.6 is 23.2 Å². The second-order valence-electron chi connectivity index (χ2n) is 4.38. The second-order valence-corrected chi connectivity index (χ2v) is 5.22. The van der Waals surface area contributed by atoms with Gasteiger partial charge in [0.15, 0.2) is 0 Å². The summed E-state index contributed by atoms with van der Waals surface area (Å²) in [6, 6.07) is 5.10. The predicted octanol–water partition coefficient (Wildman–Crippen LogP) is 4.41. The molecule has 0 radical (unpaired) electrons. The topological polar surface area (TPSA) is 46.5 Å². The number of ether oxygens (including phenoxy) is 1. The van der Waals surface area contributed by atoms with Crippen LogP contribution in [0.4, 0.5) is 0 Å². The Morgan fingerprint density at radius 2 is 2.20 bits per heavy atom. The first-order valence-corrected chi connectivity index (χ1v) is 7.02. The molecule has 20 heavy (non-hydrogen) atoms. The van der Waals surface area contributed by atoms with Gasteiger partial charge in [-0.05, 0) is 37.1 Å².